The lowest BCUT2D eigenvalue weighted by Crippen LogP contribution is -2.06. The molecule has 2 N–H and O–H groups in total. The second kappa shape index (κ2) is 2.86. The second-order valence-corrected chi connectivity index (χ2v) is 5.13. The van der Waals surface area contributed by atoms with Gasteiger partial charge in [0.2, 0.25) is 0 Å². The molecule has 0 spiro atoms. The van der Waals surface area contributed by atoms with Crippen LogP contribution in [0.5, 0.6) is 0 Å². The van der Waals surface area contributed by atoms with Crippen molar-refractivity contribution in [1.29, 1.82) is 0 Å². The van der Waals surface area contributed by atoms with Crippen molar-refractivity contribution in [2.45, 2.75) is 0 Å². The fourth-order valence-corrected chi connectivity index (χ4v) is 3.65. The number of aromatic nitrogens is 2. The van der Waals surface area contributed by atoms with E-state index in [1.165, 1.54) is 0 Å². The quantitative estimate of drug-likeness (QED) is 0.572. The van der Waals surface area contributed by atoms with E-state index in [0.717, 1.165) is 22.7 Å². The van der Waals surface area contributed by atoms with Gasteiger partial charge in [-0.25, -0.2) is 0 Å². The van der Waals surface area contributed by atoms with Gasteiger partial charge in [-0.2, -0.15) is 0 Å². The summed E-state index contributed by atoms with van der Waals surface area (Å²) in [5.41, 5.74) is -2.07. The first kappa shape index (κ1) is 9.43. The third-order valence-electron chi connectivity index (χ3n) is 2.10. The maximum atomic E-state index is 11.3. The lowest BCUT2D eigenvalue weighted by molar-refractivity contribution is 1.26. The van der Waals surface area contributed by atoms with Crippen LogP contribution in [0.4, 0.5) is 0 Å². The van der Waals surface area contributed by atoms with Crippen molar-refractivity contribution in [3.05, 3.63) is 41.4 Å². The third-order valence-corrected chi connectivity index (χ3v) is 4.73. The highest BCUT2D eigenvalue weighted by Gasteiger charge is 2.14. The molecule has 3 heterocycles. The van der Waals surface area contributed by atoms with Crippen LogP contribution in [0, 0.1) is 0 Å². The first-order chi connectivity index (χ1) is 7.58. The van der Waals surface area contributed by atoms with E-state index in [4.69, 9.17) is 0 Å². The molecule has 16 heavy (non-hydrogen) atoms. The number of hydrogen-bond donors (Lipinski definition) is 2. The summed E-state index contributed by atoms with van der Waals surface area (Å²) in [6.45, 7) is 0. The molecule has 80 valence electrons. The Morgan fingerprint density at radius 1 is 0.562 bits per heavy atom. The van der Waals surface area contributed by atoms with Crippen molar-refractivity contribution in [3.63, 3.8) is 0 Å². The molecule has 3 aromatic heterocycles. The lowest BCUT2D eigenvalue weighted by atomic mass is 10.6. The van der Waals surface area contributed by atoms with Crippen molar-refractivity contribution in [2.24, 2.45) is 0 Å². The Morgan fingerprint density at radius 3 is 1.06 bits per heavy atom. The van der Waals surface area contributed by atoms with Gasteiger partial charge in [0.1, 0.15) is 18.8 Å². The van der Waals surface area contributed by atoms with Crippen molar-refractivity contribution in [1.82, 2.24) is 9.97 Å². The smallest absolute Gasteiger partial charge is 0.269 e. The number of H-pyrrole nitrogens is 2. The number of fused-ring (bicyclic) bond motifs is 2. The van der Waals surface area contributed by atoms with E-state index in [2.05, 4.69) is 9.97 Å². The molecule has 0 bridgehead atoms. The van der Waals surface area contributed by atoms with Crippen LogP contribution < -0.4 is 22.2 Å². The third kappa shape index (κ3) is 1.05. The van der Waals surface area contributed by atoms with Crippen molar-refractivity contribution in [2.75, 3.05) is 0 Å². The zero-order valence-electron chi connectivity index (χ0n) is 7.45. The summed E-state index contributed by atoms with van der Waals surface area (Å²) in [5, 5.41) is 0. The molecule has 6 nitrogen and oxygen atoms in total. The van der Waals surface area contributed by atoms with Gasteiger partial charge in [-0.1, -0.05) is 0 Å². The summed E-state index contributed by atoms with van der Waals surface area (Å²) in [6.07, 6.45) is 0. The van der Waals surface area contributed by atoms with E-state index >= 15 is 0 Å². The summed E-state index contributed by atoms with van der Waals surface area (Å²) in [5.74, 6) is 0. The van der Waals surface area contributed by atoms with E-state index in [-0.39, 0.29) is 18.8 Å². The monoisotopic (exact) mass is 254 g/mol. The van der Waals surface area contributed by atoms with E-state index in [9.17, 15) is 19.2 Å². The van der Waals surface area contributed by atoms with Crippen LogP contribution in [0.1, 0.15) is 0 Å². The van der Waals surface area contributed by atoms with Crippen LogP contribution in [-0.2, 0) is 0 Å². The molecule has 0 saturated heterocycles. The highest BCUT2D eigenvalue weighted by Crippen LogP contribution is 2.24. The van der Waals surface area contributed by atoms with Gasteiger partial charge < -0.3 is 0 Å². The zero-order valence-corrected chi connectivity index (χ0v) is 9.08. The predicted octanol–water partition coefficient (Wildman–Crippen LogP) is -0.349. The summed E-state index contributed by atoms with van der Waals surface area (Å²) < 4.78 is 0.773. The van der Waals surface area contributed by atoms with Crippen LogP contribution >= 0.6 is 22.7 Å². The average molecular weight is 254 g/mol. The zero-order chi connectivity index (χ0) is 11.4. The van der Waals surface area contributed by atoms with Gasteiger partial charge in [-0.05, 0) is 0 Å². The van der Waals surface area contributed by atoms with Gasteiger partial charge in [0.15, 0.2) is 0 Å². The molecular weight excluding hydrogens is 252 g/mol. The maximum Gasteiger partial charge on any atom is 0.269 e. The van der Waals surface area contributed by atoms with Crippen LogP contribution in [0.2, 0.25) is 0 Å². The number of nitrogens with one attached hydrogen (secondary N) is 2. The molecule has 0 aliphatic rings. The summed E-state index contributed by atoms with van der Waals surface area (Å²) >= 11 is 1.74. The van der Waals surface area contributed by atoms with Crippen LogP contribution in [0.25, 0.3) is 18.8 Å². The van der Waals surface area contributed by atoms with Crippen molar-refractivity contribution < 1.29 is 0 Å². The van der Waals surface area contributed by atoms with Gasteiger partial charge in [0, 0.05) is 0 Å². The predicted molar refractivity (Wildman–Crippen MR) is 62.2 cm³/mol. The SMILES string of the molecule is O=c1[nH]c(=O)c2sc3c(=O)[nH]c(=O)c3sc12. The molecule has 0 atom stereocenters. The highest BCUT2D eigenvalue weighted by atomic mass is 32.1. The highest BCUT2D eigenvalue weighted by molar-refractivity contribution is 7.36. The molecule has 0 unspecified atom stereocenters. The molecule has 0 aliphatic heterocycles. The van der Waals surface area contributed by atoms with Crippen molar-refractivity contribution in [3.8, 4) is 0 Å². The van der Waals surface area contributed by atoms with Gasteiger partial charge in [-0.3, -0.25) is 29.1 Å². The summed E-state index contributed by atoms with van der Waals surface area (Å²) in [6, 6.07) is 0. The Hall–Kier alpha value is -1.80. The average Bonchev–Trinajstić information content (AvgIpc) is 2.67. The van der Waals surface area contributed by atoms with Gasteiger partial charge in [0.05, 0.1) is 0 Å². The molecule has 3 aromatic rings. The molecule has 0 aliphatic carbocycles. The normalized spacial score (nSPS) is 11.5. The number of rotatable bonds is 0. The summed E-state index contributed by atoms with van der Waals surface area (Å²) in [7, 11) is 0. The first-order valence-electron chi connectivity index (χ1n) is 4.13. The van der Waals surface area contributed by atoms with E-state index < -0.39 is 22.2 Å². The minimum atomic E-state index is -0.517. The molecule has 0 aromatic carbocycles. The topological polar surface area (TPSA) is 99.9 Å². The maximum absolute atomic E-state index is 11.3. The number of hydrogen-bond acceptors (Lipinski definition) is 6. The van der Waals surface area contributed by atoms with E-state index in [1.807, 2.05) is 0 Å². The van der Waals surface area contributed by atoms with Crippen LogP contribution in [-0.4, -0.2) is 9.97 Å². The molecule has 3 rings (SSSR count). The van der Waals surface area contributed by atoms with E-state index in [1.54, 1.807) is 0 Å². The first-order valence-corrected chi connectivity index (χ1v) is 5.77. The Kier molecular flexibility index (Phi) is 1.69. The van der Waals surface area contributed by atoms with E-state index in [0.29, 0.717) is 0 Å². The fourth-order valence-electron chi connectivity index (χ4n) is 1.42. The largest absolute Gasteiger partial charge is 0.287 e. The minimum Gasteiger partial charge on any atom is -0.287 e. The van der Waals surface area contributed by atoms with Crippen molar-refractivity contribution >= 4 is 41.5 Å². The standard InChI is InChI=1S/C8H2N2O4S2/c11-5-1-2(6(12)9-5)16-4-3(15-1)7(13)10-8(4)14/h(H,9,11,12)(H,10,13,14). The Balaban J connectivity index is 2.80. The molecule has 0 saturated carbocycles. The van der Waals surface area contributed by atoms with Gasteiger partial charge in [-0.15, -0.1) is 22.7 Å². The van der Waals surface area contributed by atoms with Crippen LogP contribution in [0.15, 0.2) is 19.2 Å². The Bertz CT molecular complexity index is 782. The van der Waals surface area contributed by atoms with Gasteiger partial charge >= 0.3 is 0 Å². The molecule has 8 heteroatoms. The molecular formula is C8H2N2O4S2. The van der Waals surface area contributed by atoms with Gasteiger partial charge in [0.25, 0.3) is 22.2 Å². The molecule has 0 radical (unpaired) electrons. The Morgan fingerprint density at radius 2 is 0.812 bits per heavy atom. The lowest BCUT2D eigenvalue weighted by Gasteiger charge is -1.84. The second-order valence-electron chi connectivity index (χ2n) is 3.09. The molecule has 0 fully saturated rings. The fraction of sp³-hybridized carbons (Fsp3) is 0. The molecule has 0 amide bonds. The minimum absolute atomic E-state index is 0.193. The van der Waals surface area contributed by atoms with Crippen LogP contribution in [0.3, 0.4) is 0 Å². The summed E-state index contributed by atoms with van der Waals surface area (Å²) in [4.78, 5) is 49.6. The Labute approximate surface area is 93.2 Å². The number of aromatic amines is 2.